The number of aromatic nitrogens is 1. The maximum absolute atomic E-state index is 13.2. The van der Waals surface area contributed by atoms with Gasteiger partial charge in [0.1, 0.15) is 5.69 Å². The van der Waals surface area contributed by atoms with E-state index in [-0.39, 0.29) is 17.6 Å². The fourth-order valence-electron chi connectivity index (χ4n) is 5.45. The summed E-state index contributed by atoms with van der Waals surface area (Å²) in [6.07, 6.45) is 2.35. The highest BCUT2D eigenvalue weighted by molar-refractivity contribution is 5.99. The molecule has 1 aliphatic heterocycles. The summed E-state index contributed by atoms with van der Waals surface area (Å²) in [4.78, 5) is 20.2. The molecule has 0 unspecified atom stereocenters. The van der Waals surface area contributed by atoms with Crippen molar-refractivity contribution in [2.75, 3.05) is 19.6 Å². The fourth-order valence-corrected chi connectivity index (χ4v) is 5.45. The Morgan fingerprint density at radius 3 is 2.46 bits per heavy atom. The van der Waals surface area contributed by atoms with E-state index in [2.05, 4.69) is 15.2 Å². The summed E-state index contributed by atoms with van der Waals surface area (Å²) in [6, 6.07) is 14.2. The molecular formula is C28H30F3N3O. The summed E-state index contributed by atoms with van der Waals surface area (Å²) in [5.41, 5.74) is 1.10. The summed E-state index contributed by atoms with van der Waals surface area (Å²) in [6.45, 7) is 3.60. The average molecular weight is 482 g/mol. The number of fused-ring (bicyclic) bond motifs is 1. The number of amides is 1. The lowest BCUT2D eigenvalue weighted by Crippen LogP contribution is -2.39. The summed E-state index contributed by atoms with van der Waals surface area (Å²) >= 11 is 0. The number of carbonyl (C=O) groups excluding carboxylic acids is 1. The monoisotopic (exact) mass is 481 g/mol. The van der Waals surface area contributed by atoms with E-state index in [0.717, 1.165) is 43.2 Å². The number of benzene rings is 2. The largest absolute Gasteiger partial charge is 0.416 e. The van der Waals surface area contributed by atoms with Crippen LogP contribution in [0.15, 0.2) is 54.6 Å². The van der Waals surface area contributed by atoms with Crippen LogP contribution in [0.1, 0.15) is 54.6 Å². The maximum atomic E-state index is 13.2. The minimum atomic E-state index is -4.42. The SMILES string of the molecule is O=C(N[C@H]1CC[C@H](CN2CCCC2)CC1)c1ccc2cccc(-c3cccc(C(F)(F)F)c3)c2n1. The van der Waals surface area contributed by atoms with Gasteiger partial charge < -0.3 is 10.2 Å². The molecule has 1 N–H and O–H groups in total. The number of hydrogen-bond acceptors (Lipinski definition) is 3. The third-order valence-corrected chi connectivity index (χ3v) is 7.35. The Balaban J connectivity index is 1.30. The van der Waals surface area contributed by atoms with E-state index in [1.807, 2.05) is 6.07 Å². The molecule has 1 saturated carbocycles. The molecule has 0 atom stereocenters. The van der Waals surface area contributed by atoms with Crippen molar-refractivity contribution in [1.29, 1.82) is 0 Å². The van der Waals surface area contributed by atoms with Gasteiger partial charge in [0.2, 0.25) is 0 Å². The van der Waals surface area contributed by atoms with Crippen LogP contribution in [0.5, 0.6) is 0 Å². The van der Waals surface area contributed by atoms with Crippen LogP contribution < -0.4 is 5.32 Å². The lowest BCUT2D eigenvalue weighted by Gasteiger charge is -2.31. The number of pyridine rings is 1. The van der Waals surface area contributed by atoms with Crippen LogP contribution in [0.25, 0.3) is 22.0 Å². The van der Waals surface area contributed by atoms with Crippen LogP contribution in [-0.4, -0.2) is 41.5 Å². The Labute approximate surface area is 203 Å². The average Bonchev–Trinajstić information content (AvgIpc) is 3.37. The van der Waals surface area contributed by atoms with E-state index < -0.39 is 11.7 Å². The Hall–Kier alpha value is -2.93. The first-order chi connectivity index (χ1) is 16.9. The van der Waals surface area contributed by atoms with Crippen molar-refractivity contribution in [2.24, 2.45) is 5.92 Å². The van der Waals surface area contributed by atoms with Crippen LogP contribution in [0, 0.1) is 5.92 Å². The third kappa shape index (κ3) is 5.50. The third-order valence-electron chi connectivity index (χ3n) is 7.35. The molecule has 184 valence electrons. The summed E-state index contributed by atoms with van der Waals surface area (Å²) in [5, 5.41) is 3.92. The van der Waals surface area contributed by atoms with Gasteiger partial charge in [0.15, 0.2) is 0 Å². The molecule has 1 saturated heterocycles. The number of halogens is 3. The summed E-state index contributed by atoms with van der Waals surface area (Å²) in [7, 11) is 0. The second-order valence-corrected chi connectivity index (χ2v) is 9.85. The van der Waals surface area contributed by atoms with E-state index >= 15 is 0 Å². The number of nitrogens with one attached hydrogen (secondary N) is 1. The van der Waals surface area contributed by atoms with Gasteiger partial charge in [-0.3, -0.25) is 4.79 Å². The highest BCUT2D eigenvalue weighted by Crippen LogP contribution is 2.34. The predicted octanol–water partition coefficient (Wildman–Crippen LogP) is 6.31. The van der Waals surface area contributed by atoms with Gasteiger partial charge in [-0.05, 0) is 81.3 Å². The first-order valence-corrected chi connectivity index (χ1v) is 12.5. The number of alkyl halides is 3. The standard InChI is InChI=1S/C28H30F3N3O/c29-28(30,31)22-7-3-6-21(17-22)24-8-4-5-20-11-14-25(33-26(20)24)27(35)32-23-12-9-19(10-13-23)18-34-15-1-2-16-34/h3-8,11,14,17,19,23H,1-2,9-10,12-13,15-16,18H2,(H,32,35)/t19-,23-. The van der Waals surface area contributed by atoms with Gasteiger partial charge in [-0.2, -0.15) is 13.2 Å². The molecule has 35 heavy (non-hydrogen) atoms. The van der Waals surface area contributed by atoms with Gasteiger partial charge in [0.05, 0.1) is 11.1 Å². The molecule has 3 aromatic rings. The van der Waals surface area contributed by atoms with E-state index in [9.17, 15) is 18.0 Å². The lowest BCUT2D eigenvalue weighted by atomic mass is 9.85. The Bertz CT molecular complexity index is 1200. The van der Waals surface area contributed by atoms with Crippen molar-refractivity contribution < 1.29 is 18.0 Å². The highest BCUT2D eigenvalue weighted by atomic mass is 19.4. The quantitative estimate of drug-likeness (QED) is 0.465. The van der Waals surface area contributed by atoms with Crippen molar-refractivity contribution in [2.45, 2.75) is 50.7 Å². The van der Waals surface area contributed by atoms with Crippen LogP contribution in [0.3, 0.4) is 0 Å². The van der Waals surface area contributed by atoms with Gasteiger partial charge in [0, 0.05) is 23.5 Å². The Morgan fingerprint density at radius 1 is 0.971 bits per heavy atom. The number of para-hydroxylation sites is 1. The summed E-state index contributed by atoms with van der Waals surface area (Å²) in [5.74, 6) is 0.476. The molecule has 1 amide bonds. The zero-order valence-corrected chi connectivity index (χ0v) is 19.7. The van der Waals surface area contributed by atoms with Crippen molar-refractivity contribution >= 4 is 16.8 Å². The Morgan fingerprint density at radius 2 is 1.71 bits per heavy atom. The molecule has 5 rings (SSSR count). The smallest absolute Gasteiger partial charge is 0.348 e. The molecule has 4 nitrogen and oxygen atoms in total. The minimum absolute atomic E-state index is 0.133. The van der Waals surface area contributed by atoms with E-state index in [4.69, 9.17) is 0 Å². The van der Waals surface area contributed by atoms with Crippen molar-refractivity contribution in [1.82, 2.24) is 15.2 Å². The Kier molecular flexibility index (Phi) is 6.78. The molecule has 0 bridgehead atoms. The summed E-state index contributed by atoms with van der Waals surface area (Å²) < 4.78 is 39.7. The van der Waals surface area contributed by atoms with Crippen molar-refractivity contribution in [3.63, 3.8) is 0 Å². The van der Waals surface area contributed by atoms with Gasteiger partial charge in [-0.15, -0.1) is 0 Å². The maximum Gasteiger partial charge on any atom is 0.416 e. The number of carbonyl (C=O) groups is 1. The van der Waals surface area contributed by atoms with E-state index in [1.54, 1.807) is 30.3 Å². The van der Waals surface area contributed by atoms with Crippen LogP contribution in [0.4, 0.5) is 13.2 Å². The molecular weight excluding hydrogens is 451 g/mol. The van der Waals surface area contributed by atoms with Crippen LogP contribution >= 0.6 is 0 Å². The number of hydrogen-bond donors (Lipinski definition) is 1. The first-order valence-electron chi connectivity index (χ1n) is 12.5. The molecule has 7 heteroatoms. The van der Waals surface area contributed by atoms with Crippen LogP contribution in [-0.2, 0) is 6.18 Å². The molecule has 0 radical (unpaired) electrons. The number of nitrogens with zero attached hydrogens (tertiary/aromatic N) is 2. The van der Waals surface area contributed by atoms with Crippen LogP contribution in [0.2, 0.25) is 0 Å². The van der Waals surface area contributed by atoms with E-state index in [0.29, 0.717) is 22.6 Å². The zero-order valence-electron chi connectivity index (χ0n) is 19.7. The van der Waals surface area contributed by atoms with Crippen molar-refractivity contribution in [3.05, 3.63) is 65.9 Å². The molecule has 1 aromatic heterocycles. The normalized spacial score (nSPS) is 21.3. The zero-order chi connectivity index (χ0) is 24.4. The van der Waals surface area contributed by atoms with Gasteiger partial charge in [-0.25, -0.2) is 4.98 Å². The minimum Gasteiger partial charge on any atom is -0.348 e. The molecule has 1 aliphatic carbocycles. The molecule has 2 aromatic carbocycles. The topological polar surface area (TPSA) is 45.2 Å². The van der Waals surface area contributed by atoms with Crippen molar-refractivity contribution in [3.8, 4) is 11.1 Å². The van der Waals surface area contributed by atoms with E-state index in [1.165, 1.54) is 38.5 Å². The molecule has 2 heterocycles. The first kappa shape index (κ1) is 23.8. The lowest BCUT2D eigenvalue weighted by molar-refractivity contribution is -0.137. The number of rotatable bonds is 5. The second kappa shape index (κ2) is 9.97. The second-order valence-electron chi connectivity index (χ2n) is 9.85. The number of likely N-dealkylation sites (tertiary alicyclic amines) is 1. The highest BCUT2D eigenvalue weighted by Gasteiger charge is 2.30. The molecule has 2 fully saturated rings. The van der Waals surface area contributed by atoms with Gasteiger partial charge >= 0.3 is 6.18 Å². The molecule has 2 aliphatic rings. The van der Waals surface area contributed by atoms with Gasteiger partial charge in [-0.1, -0.05) is 36.4 Å². The molecule has 0 spiro atoms. The van der Waals surface area contributed by atoms with Gasteiger partial charge in [0.25, 0.3) is 5.91 Å². The predicted molar refractivity (Wildman–Crippen MR) is 131 cm³/mol. The fraction of sp³-hybridized carbons (Fsp3) is 0.429.